The van der Waals surface area contributed by atoms with E-state index in [1.54, 1.807) is 17.9 Å². The van der Waals surface area contributed by atoms with Gasteiger partial charge in [-0.25, -0.2) is 9.97 Å². The van der Waals surface area contributed by atoms with Crippen molar-refractivity contribution in [2.75, 3.05) is 31.9 Å². The number of nitrogens with zero attached hydrogens (tertiary/aromatic N) is 3. The van der Waals surface area contributed by atoms with Crippen LogP contribution >= 0.6 is 0 Å². The molecule has 1 aliphatic rings. The molecule has 6 heteroatoms. The number of rotatable bonds is 1. The Labute approximate surface area is 93.9 Å². The van der Waals surface area contributed by atoms with Gasteiger partial charge < -0.3 is 16.0 Å². The summed E-state index contributed by atoms with van der Waals surface area (Å²) in [6.07, 6.45) is 0. The molecule has 0 saturated carbocycles. The fraction of sp³-hybridized carbons (Fsp3) is 0.500. The summed E-state index contributed by atoms with van der Waals surface area (Å²) in [5.74, 6) is 0.0807. The van der Waals surface area contributed by atoms with E-state index in [1.165, 1.54) is 0 Å². The topological polar surface area (TPSA) is 84.1 Å². The summed E-state index contributed by atoms with van der Waals surface area (Å²) in [6, 6.07) is 1.67. The third-order valence-electron chi connectivity index (χ3n) is 2.49. The molecule has 0 aliphatic carbocycles. The Morgan fingerprint density at radius 1 is 1.44 bits per heavy atom. The molecule has 1 aromatic heterocycles. The van der Waals surface area contributed by atoms with Crippen LogP contribution in [0.1, 0.15) is 16.2 Å². The van der Waals surface area contributed by atoms with Crippen LogP contribution in [0.5, 0.6) is 0 Å². The lowest BCUT2D eigenvalue weighted by molar-refractivity contribution is 0.0729. The van der Waals surface area contributed by atoms with Crippen LogP contribution in [0, 0.1) is 6.92 Å². The van der Waals surface area contributed by atoms with Crippen molar-refractivity contribution < 1.29 is 4.79 Å². The molecule has 1 saturated heterocycles. The second kappa shape index (κ2) is 4.44. The number of anilines is 1. The summed E-state index contributed by atoms with van der Waals surface area (Å²) in [7, 11) is 0. The molecule has 2 heterocycles. The summed E-state index contributed by atoms with van der Waals surface area (Å²) in [6.45, 7) is 4.87. The molecular weight excluding hydrogens is 206 g/mol. The van der Waals surface area contributed by atoms with E-state index in [-0.39, 0.29) is 11.9 Å². The highest BCUT2D eigenvalue weighted by Gasteiger charge is 2.19. The molecule has 86 valence electrons. The number of aromatic nitrogens is 2. The van der Waals surface area contributed by atoms with Crippen LogP contribution in [0.2, 0.25) is 0 Å². The molecule has 1 fully saturated rings. The Balaban J connectivity index is 2.19. The van der Waals surface area contributed by atoms with Crippen LogP contribution in [0.3, 0.4) is 0 Å². The highest BCUT2D eigenvalue weighted by atomic mass is 16.2. The summed E-state index contributed by atoms with van der Waals surface area (Å²) in [5, 5.41) is 3.19. The zero-order valence-electron chi connectivity index (χ0n) is 9.23. The number of amides is 1. The zero-order valence-corrected chi connectivity index (χ0v) is 9.23. The molecular formula is C10H15N5O. The second-order valence-electron chi connectivity index (χ2n) is 3.79. The van der Waals surface area contributed by atoms with Gasteiger partial charge in [-0.3, -0.25) is 4.79 Å². The van der Waals surface area contributed by atoms with Crippen molar-refractivity contribution in [1.29, 1.82) is 0 Å². The molecule has 16 heavy (non-hydrogen) atoms. The van der Waals surface area contributed by atoms with Crippen LogP contribution in [-0.4, -0.2) is 47.0 Å². The van der Waals surface area contributed by atoms with Crippen LogP contribution in [0.25, 0.3) is 0 Å². The molecule has 6 nitrogen and oxygen atoms in total. The van der Waals surface area contributed by atoms with Gasteiger partial charge in [0.1, 0.15) is 5.69 Å². The molecule has 1 aliphatic heterocycles. The summed E-state index contributed by atoms with van der Waals surface area (Å²) in [4.78, 5) is 21.7. The number of nitrogen functional groups attached to an aromatic ring is 1. The molecule has 0 atom stereocenters. The predicted molar refractivity (Wildman–Crippen MR) is 60.0 cm³/mol. The number of hydrogen-bond acceptors (Lipinski definition) is 5. The van der Waals surface area contributed by atoms with Gasteiger partial charge in [-0.2, -0.15) is 0 Å². The van der Waals surface area contributed by atoms with Crippen molar-refractivity contribution in [2.24, 2.45) is 0 Å². The van der Waals surface area contributed by atoms with E-state index < -0.39 is 0 Å². The third kappa shape index (κ3) is 2.27. The normalized spacial score (nSPS) is 16.2. The Hall–Kier alpha value is -1.69. The van der Waals surface area contributed by atoms with Gasteiger partial charge in [0.05, 0.1) is 0 Å². The lowest BCUT2D eigenvalue weighted by atomic mass is 10.2. The fourth-order valence-electron chi connectivity index (χ4n) is 1.73. The van der Waals surface area contributed by atoms with E-state index in [9.17, 15) is 4.79 Å². The monoisotopic (exact) mass is 221 g/mol. The van der Waals surface area contributed by atoms with Crippen LogP contribution < -0.4 is 11.1 Å². The maximum absolute atomic E-state index is 12.1. The van der Waals surface area contributed by atoms with E-state index in [1.807, 2.05) is 0 Å². The van der Waals surface area contributed by atoms with Gasteiger partial charge in [0.25, 0.3) is 5.91 Å². The van der Waals surface area contributed by atoms with Crippen molar-refractivity contribution in [1.82, 2.24) is 20.2 Å². The van der Waals surface area contributed by atoms with Crippen LogP contribution in [0.4, 0.5) is 5.95 Å². The zero-order chi connectivity index (χ0) is 11.5. The van der Waals surface area contributed by atoms with Gasteiger partial charge in [-0.05, 0) is 13.0 Å². The molecule has 0 radical (unpaired) electrons. The smallest absolute Gasteiger partial charge is 0.272 e. The Bertz CT molecular complexity index is 380. The van der Waals surface area contributed by atoms with Crippen molar-refractivity contribution in [3.63, 3.8) is 0 Å². The van der Waals surface area contributed by atoms with Gasteiger partial charge in [0, 0.05) is 31.9 Å². The van der Waals surface area contributed by atoms with E-state index >= 15 is 0 Å². The first-order valence-corrected chi connectivity index (χ1v) is 5.28. The average Bonchev–Trinajstić information content (AvgIpc) is 2.28. The minimum atomic E-state index is -0.0706. The van der Waals surface area contributed by atoms with Crippen molar-refractivity contribution in [3.8, 4) is 0 Å². The minimum absolute atomic E-state index is 0.0706. The maximum Gasteiger partial charge on any atom is 0.272 e. The Morgan fingerprint density at radius 3 is 2.75 bits per heavy atom. The molecule has 1 aromatic rings. The predicted octanol–water partition coefficient (Wildman–Crippen LogP) is -0.587. The highest BCUT2D eigenvalue weighted by Crippen LogP contribution is 2.06. The number of aryl methyl sites for hydroxylation is 1. The summed E-state index contributed by atoms with van der Waals surface area (Å²) in [5.41, 5.74) is 6.62. The summed E-state index contributed by atoms with van der Waals surface area (Å²) < 4.78 is 0. The lowest BCUT2D eigenvalue weighted by Crippen LogP contribution is -2.46. The number of nitrogens with two attached hydrogens (primary N) is 1. The quantitative estimate of drug-likeness (QED) is 0.662. The van der Waals surface area contributed by atoms with E-state index in [2.05, 4.69) is 15.3 Å². The second-order valence-corrected chi connectivity index (χ2v) is 3.79. The fourth-order valence-corrected chi connectivity index (χ4v) is 1.73. The van der Waals surface area contributed by atoms with Crippen molar-refractivity contribution >= 4 is 11.9 Å². The number of piperazine rings is 1. The van der Waals surface area contributed by atoms with Gasteiger partial charge in [-0.15, -0.1) is 0 Å². The molecule has 2 rings (SSSR count). The third-order valence-corrected chi connectivity index (χ3v) is 2.49. The SMILES string of the molecule is Cc1cc(C(=O)N2CCNCC2)nc(N)n1. The van der Waals surface area contributed by atoms with Crippen LogP contribution in [-0.2, 0) is 0 Å². The largest absolute Gasteiger partial charge is 0.368 e. The van der Waals surface area contributed by atoms with Gasteiger partial charge >= 0.3 is 0 Å². The maximum atomic E-state index is 12.1. The number of carbonyl (C=O) groups excluding carboxylic acids is 1. The minimum Gasteiger partial charge on any atom is -0.368 e. The number of carbonyl (C=O) groups is 1. The molecule has 0 aromatic carbocycles. The highest BCUT2D eigenvalue weighted by molar-refractivity contribution is 5.92. The summed E-state index contributed by atoms with van der Waals surface area (Å²) >= 11 is 0. The first kappa shape index (κ1) is 10.8. The molecule has 0 unspecified atom stereocenters. The van der Waals surface area contributed by atoms with E-state index in [0.29, 0.717) is 24.5 Å². The first-order valence-electron chi connectivity index (χ1n) is 5.28. The van der Waals surface area contributed by atoms with E-state index in [4.69, 9.17) is 5.73 Å². The van der Waals surface area contributed by atoms with Crippen molar-refractivity contribution in [3.05, 3.63) is 17.5 Å². The van der Waals surface area contributed by atoms with Crippen LogP contribution in [0.15, 0.2) is 6.07 Å². The average molecular weight is 221 g/mol. The Kier molecular flexibility index (Phi) is 3.00. The van der Waals surface area contributed by atoms with Gasteiger partial charge in [0.2, 0.25) is 5.95 Å². The number of hydrogen-bond donors (Lipinski definition) is 2. The first-order chi connectivity index (χ1) is 7.66. The van der Waals surface area contributed by atoms with E-state index in [0.717, 1.165) is 13.1 Å². The Morgan fingerprint density at radius 2 is 2.12 bits per heavy atom. The van der Waals surface area contributed by atoms with Crippen molar-refractivity contribution in [2.45, 2.75) is 6.92 Å². The number of nitrogens with one attached hydrogen (secondary N) is 1. The molecule has 3 N–H and O–H groups in total. The molecule has 1 amide bonds. The van der Waals surface area contributed by atoms with Gasteiger partial charge in [-0.1, -0.05) is 0 Å². The lowest BCUT2D eigenvalue weighted by Gasteiger charge is -2.27. The molecule has 0 spiro atoms. The molecule has 0 bridgehead atoms. The standard InChI is InChI=1S/C10H15N5O/c1-7-6-8(14-10(11)13-7)9(16)15-4-2-12-3-5-15/h6,12H,2-5H2,1H3,(H2,11,13,14). The van der Waals surface area contributed by atoms with Gasteiger partial charge in [0.15, 0.2) is 0 Å².